The second kappa shape index (κ2) is 8.13. The van der Waals surface area contributed by atoms with E-state index in [0.29, 0.717) is 11.8 Å². The number of fused-ring (bicyclic) bond motifs is 2. The Morgan fingerprint density at radius 3 is 2.77 bits per heavy atom. The van der Waals surface area contributed by atoms with Gasteiger partial charge in [0.15, 0.2) is 0 Å². The van der Waals surface area contributed by atoms with Gasteiger partial charge < -0.3 is 4.74 Å². The molecule has 4 nitrogen and oxygen atoms in total. The molecule has 0 radical (unpaired) electrons. The van der Waals surface area contributed by atoms with Gasteiger partial charge >= 0.3 is 0 Å². The van der Waals surface area contributed by atoms with Crippen LogP contribution in [0, 0.1) is 5.95 Å². The number of ether oxygens (including phenoxy) is 1. The third-order valence-electron chi connectivity index (χ3n) is 5.81. The van der Waals surface area contributed by atoms with Gasteiger partial charge in [-0.1, -0.05) is 18.2 Å². The van der Waals surface area contributed by atoms with Crippen molar-refractivity contribution in [2.75, 3.05) is 13.1 Å². The Bertz CT molecular complexity index is 1190. The van der Waals surface area contributed by atoms with Crippen molar-refractivity contribution < 1.29 is 9.13 Å². The summed E-state index contributed by atoms with van der Waals surface area (Å²) in [4.78, 5) is 10.8. The average molecular weight is 420 g/mol. The van der Waals surface area contributed by atoms with E-state index in [2.05, 4.69) is 52.1 Å². The quantitative estimate of drug-likeness (QED) is 0.393. The summed E-state index contributed by atoms with van der Waals surface area (Å²) in [5.74, 6) is 0.432. The molecule has 0 unspecified atom stereocenters. The maximum Gasteiger partial charge on any atom is 0.221 e. The highest BCUT2D eigenvalue weighted by Crippen LogP contribution is 2.30. The lowest BCUT2D eigenvalue weighted by Gasteiger charge is -2.28. The second-order valence-corrected chi connectivity index (χ2v) is 8.51. The number of halogens is 1. The number of nitrogens with zero attached hydrogens (tertiary/aromatic N) is 3. The molecule has 0 fully saturated rings. The van der Waals surface area contributed by atoms with Crippen LogP contribution >= 0.6 is 11.3 Å². The normalized spacial score (nSPS) is 15.5. The molecule has 152 valence electrons. The van der Waals surface area contributed by atoms with Gasteiger partial charge in [-0.2, -0.15) is 9.37 Å². The first kappa shape index (κ1) is 19.2. The Morgan fingerprint density at radius 2 is 1.90 bits per heavy atom. The van der Waals surface area contributed by atoms with Gasteiger partial charge in [0.05, 0.1) is 15.7 Å². The molecule has 1 aliphatic heterocycles. The van der Waals surface area contributed by atoms with E-state index in [0.717, 1.165) is 31.4 Å². The zero-order valence-corrected chi connectivity index (χ0v) is 17.5. The van der Waals surface area contributed by atoms with E-state index in [-0.39, 0.29) is 5.88 Å². The highest BCUT2D eigenvalue weighted by atomic mass is 32.1. The molecule has 6 heteroatoms. The van der Waals surface area contributed by atoms with Crippen molar-refractivity contribution >= 4 is 21.6 Å². The molecule has 1 atom stereocenters. The third-order valence-corrected chi connectivity index (χ3v) is 6.62. The number of benzene rings is 2. The maximum atomic E-state index is 13.3. The van der Waals surface area contributed by atoms with E-state index in [1.165, 1.54) is 27.5 Å². The first-order valence-corrected chi connectivity index (χ1v) is 11.0. The van der Waals surface area contributed by atoms with Crippen molar-refractivity contribution in [1.29, 1.82) is 0 Å². The monoisotopic (exact) mass is 419 g/mol. The van der Waals surface area contributed by atoms with Gasteiger partial charge in [0.25, 0.3) is 0 Å². The first-order chi connectivity index (χ1) is 14.7. The van der Waals surface area contributed by atoms with Gasteiger partial charge in [0.1, 0.15) is 5.75 Å². The van der Waals surface area contributed by atoms with Gasteiger partial charge in [0.2, 0.25) is 11.8 Å². The van der Waals surface area contributed by atoms with Gasteiger partial charge in [-0.05, 0) is 66.8 Å². The predicted molar refractivity (Wildman–Crippen MR) is 118 cm³/mol. The molecule has 0 saturated heterocycles. The Hall–Kier alpha value is -2.83. The smallest absolute Gasteiger partial charge is 0.221 e. The molecule has 2 aromatic heterocycles. The van der Waals surface area contributed by atoms with Gasteiger partial charge in [0, 0.05) is 25.2 Å². The number of aromatic nitrogens is 2. The summed E-state index contributed by atoms with van der Waals surface area (Å²) < 4.78 is 20.3. The highest BCUT2D eigenvalue weighted by Gasteiger charge is 2.20. The van der Waals surface area contributed by atoms with Gasteiger partial charge in [-0.3, -0.25) is 4.90 Å². The molecule has 5 rings (SSSR count). The van der Waals surface area contributed by atoms with Crippen LogP contribution in [0.4, 0.5) is 4.39 Å². The second-order valence-electron chi connectivity index (χ2n) is 7.62. The van der Waals surface area contributed by atoms with Crippen LogP contribution in [0.5, 0.6) is 11.6 Å². The van der Waals surface area contributed by atoms with Crippen LogP contribution in [-0.2, 0) is 12.8 Å². The first-order valence-electron chi connectivity index (χ1n) is 10.1. The molecule has 0 N–H and O–H groups in total. The average Bonchev–Trinajstić information content (AvgIpc) is 3.12. The van der Waals surface area contributed by atoms with Crippen LogP contribution in [0.15, 0.2) is 60.1 Å². The number of hydrogen-bond acceptors (Lipinski definition) is 5. The van der Waals surface area contributed by atoms with Crippen molar-refractivity contribution in [3.05, 3.63) is 82.7 Å². The summed E-state index contributed by atoms with van der Waals surface area (Å²) in [6.07, 6.45) is 1.95. The number of hydrogen-bond donors (Lipinski definition) is 0. The van der Waals surface area contributed by atoms with E-state index >= 15 is 0 Å². The molecule has 0 amide bonds. The van der Waals surface area contributed by atoms with Crippen molar-refractivity contribution in [2.45, 2.75) is 25.8 Å². The van der Waals surface area contributed by atoms with E-state index < -0.39 is 5.95 Å². The lowest BCUT2D eigenvalue weighted by Crippen LogP contribution is -2.29. The highest BCUT2D eigenvalue weighted by molar-refractivity contribution is 7.16. The fraction of sp³-hybridized carbons (Fsp3) is 0.250. The topological polar surface area (TPSA) is 38.2 Å². The molecule has 0 aliphatic carbocycles. The molecular weight excluding hydrogens is 397 g/mol. The fourth-order valence-corrected chi connectivity index (χ4v) is 4.74. The summed E-state index contributed by atoms with van der Waals surface area (Å²) in [5.41, 5.74) is 6.92. The Kier molecular flexibility index (Phi) is 5.19. The van der Waals surface area contributed by atoms with Crippen molar-refractivity contribution in [1.82, 2.24) is 14.9 Å². The van der Waals surface area contributed by atoms with Crippen molar-refractivity contribution in [3.8, 4) is 11.6 Å². The molecule has 3 heterocycles. The molecule has 0 spiro atoms. The Morgan fingerprint density at radius 1 is 1.03 bits per heavy atom. The number of pyridine rings is 1. The minimum atomic E-state index is -0.539. The zero-order valence-electron chi connectivity index (χ0n) is 16.7. The Labute approximate surface area is 179 Å². The molecule has 30 heavy (non-hydrogen) atoms. The summed E-state index contributed by atoms with van der Waals surface area (Å²) in [5, 5.41) is 0. The van der Waals surface area contributed by atoms with Crippen LogP contribution in [-0.4, -0.2) is 28.0 Å². The molecule has 4 aromatic rings. The van der Waals surface area contributed by atoms with Crippen LogP contribution in [0.1, 0.15) is 29.7 Å². The minimum absolute atomic E-state index is 0.274. The molecule has 2 aromatic carbocycles. The summed E-state index contributed by atoms with van der Waals surface area (Å²) >= 11 is 1.68. The molecule has 0 saturated carbocycles. The van der Waals surface area contributed by atoms with E-state index in [1.54, 1.807) is 23.5 Å². The van der Waals surface area contributed by atoms with Gasteiger partial charge in [-0.25, -0.2) is 4.98 Å². The lowest BCUT2D eigenvalue weighted by molar-refractivity contribution is 0.221. The van der Waals surface area contributed by atoms with Crippen molar-refractivity contribution in [3.63, 3.8) is 0 Å². The standard InChI is InChI=1S/C24H22FN3OS/c1-16(18-6-8-22-21(14-18)26-15-30-22)28-11-9-17-5-7-20(13-19(17)10-12-28)29-24-4-2-3-23(25)27-24/h2-8,13-16H,9-12H2,1H3/t16-/m1/s1. The Balaban J connectivity index is 1.31. The van der Waals surface area contributed by atoms with Crippen molar-refractivity contribution in [2.24, 2.45) is 0 Å². The summed E-state index contributed by atoms with van der Waals surface area (Å²) in [7, 11) is 0. The largest absolute Gasteiger partial charge is 0.439 e. The zero-order chi connectivity index (χ0) is 20.5. The van der Waals surface area contributed by atoms with E-state index in [9.17, 15) is 4.39 Å². The molecular formula is C24H22FN3OS. The predicted octanol–water partition coefficient (Wildman–Crippen LogP) is 5.78. The summed E-state index contributed by atoms with van der Waals surface area (Å²) in [6.45, 7) is 4.26. The van der Waals surface area contributed by atoms with Gasteiger partial charge in [-0.15, -0.1) is 11.3 Å². The van der Waals surface area contributed by atoms with E-state index in [4.69, 9.17) is 4.74 Å². The van der Waals surface area contributed by atoms with E-state index in [1.807, 2.05) is 11.6 Å². The lowest BCUT2D eigenvalue weighted by atomic mass is 10.0. The minimum Gasteiger partial charge on any atom is -0.439 e. The summed E-state index contributed by atoms with van der Waals surface area (Å²) in [6, 6.07) is 17.7. The van der Waals surface area contributed by atoms with Crippen LogP contribution < -0.4 is 4.74 Å². The van der Waals surface area contributed by atoms with Crippen LogP contribution in [0.3, 0.4) is 0 Å². The molecule has 1 aliphatic rings. The maximum absolute atomic E-state index is 13.3. The molecule has 0 bridgehead atoms. The third kappa shape index (κ3) is 3.93. The van der Waals surface area contributed by atoms with Crippen LogP contribution in [0.25, 0.3) is 10.2 Å². The number of thiazole rings is 1. The fourth-order valence-electron chi connectivity index (χ4n) is 4.08. The SMILES string of the molecule is C[C@H](c1ccc2scnc2c1)N1CCc2ccc(Oc3cccc(F)n3)cc2CC1. The number of rotatable bonds is 4. The van der Waals surface area contributed by atoms with Crippen LogP contribution in [0.2, 0.25) is 0 Å².